The zero-order valence-corrected chi connectivity index (χ0v) is 11.4. The molecule has 2 aromatic rings. The Labute approximate surface area is 115 Å². The fourth-order valence-electron chi connectivity index (χ4n) is 2.08. The predicted octanol–water partition coefficient (Wildman–Crippen LogP) is 2.41. The third-order valence-electron chi connectivity index (χ3n) is 2.97. The molecule has 0 aliphatic rings. The minimum absolute atomic E-state index is 0.163. The van der Waals surface area contributed by atoms with Gasteiger partial charge in [0.25, 0.3) is 0 Å². The van der Waals surface area contributed by atoms with Crippen molar-refractivity contribution in [2.24, 2.45) is 0 Å². The molecule has 1 aromatic heterocycles. The van der Waals surface area contributed by atoms with Crippen LogP contribution in [0.3, 0.4) is 0 Å². The number of carboxylic acids is 1. The molecule has 20 heavy (non-hydrogen) atoms. The van der Waals surface area contributed by atoms with E-state index in [1.165, 1.54) is 27.5 Å². The van der Waals surface area contributed by atoms with Crippen molar-refractivity contribution in [3.63, 3.8) is 0 Å². The van der Waals surface area contributed by atoms with E-state index in [0.29, 0.717) is 28.4 Å². The van der Waals surface area contributed by atoms with E-state index in [2.05, 4.69) is 4.98 Å². The number of hydrogen-bond acceptors (Lipinski definition) is 4. The maximum atomic E-state index is 11.2. The van der Waals surface area contributed by atoms with Gasteiger partial charge in [-0.05, 0) is 12.1 Å². The summed E-state index contributed by atoms with van der Waals surface area (Å²) >= 11 is 0. The van der Waals surface area contributed by atoms with Gasteiger partial charge in [0.1, 0.15) is 0 Å². The summed E-state index contributed by atoms with van der Waals surface area (Å²) in [6.45, 7) is 0. The molecule has 1 aromatic carbocycles. The number of nitrogens with one attached hydrogen (secondary N) is 1. The van der Waals surface area contributed by atoms with Crippen LogP contribution >= 0.6 is 0 Å². The van der Waals surface area contributed by atoms with E-state index >= 15 is 0 Å². The molecule has 0 aliphatic carbocycles. The standard InChI is InChI=1S/C14H15NO5/c1-18-11-5-4-8(12(19-2)13(11)20-3)9-6-15-7-10(9)14(16)17/h4-7,15H,1-3H3,(H,16,17). The number of methoxy groups -OCH3 is 3. The summed E-state index contributed by atoms with van der Waals surface area (Å²) < 4.78 is 15.8. The molecule has 0 spiro atoms. The highest BCUT2D eigenvalue weighted by Gasteiger charge is 2.21. The van der Waals surface area contributed by atoms with Crippen molar-refractivity contribution in [3.05, 3.63) is 30.1 Å². The average molecular weight is 277 g/mol. The SMILES string of the molecule is COc1ccc(-c2c[nH]cc2C(=O)O)c(OC)c1OC. The summed E-state index contributed by atoms with van der Waals surface area (Å²) in [7, 11) is 4.52. The van der Waals surface area contributed by atoms with Gasteiger partial charge < -0.3 is 24.3 Å². The molecule has 0 atom stereocenters. The topological polar surface area (TPSA) is 80.8 Å². The number of ether oxygens (including phenoxy) is 3. The van der Waals surface area contributed by atoms with Gasteiger partial charge in [-0.2, -0.15) is 0 Å². The smallest absolute Gasteiger partial charge is 0.337 e. The maximum absolute atomic E-state index is 11.2. The Morgan fingerprint density at radius 2 is 1.70 bits per heavy atom. The molecule has 2 rings (SSSR count). The molecule has 0 unspecified atom stereocenters. The Balaban J connectivity index is 2.68. The molecule has 0 saturated carbocycles. The van der Waals surface area contributed by atoms with Crippen molar-refractivity contribution in [1.29, 1.82) is 0 Å². The third kappa shape index (κ3) is 2.16. The van der Waals surface area contributed by atoms with Crippen LogP contribution in [0.4, 0.5) is 0 Å². The summed E-state index contributed by atoms with van der Waals surface area (Å²) in [5.74, 6) is 0.345. The number of aromatic amines is 1. The molecular formula is C14H15NO5. The van der Waals surface area contributed by atoms with Crippen LogP contribution in [-0.4, -0.2) is 37.4 Å². The van der Waals surface area contributed by atoms with Gasteiger partial charge in [0.2, 0.25) is 5.75 Å². The lowest BCUT2D eigenvalue weighted by atomic mass is 10.0. The predicted molar refractivity (Wildman–Crippen MR) is 72.8 cm³/mol. The van der Waals surface area contributed by atoms with E-state index in [1.54, 1.807) is 18.3 Å². The van der Waals surface area contributed by atoms with Crippen molar-refractivity contribution in [2.75, 3.05) is 21.3 Å². The summed E-state index contributed by atoms with van der Waals surface area (Å²) in [6.07, 6.45) is 3.03. The Hall–Kier alpha value is -2.63. The van der Waals surface area contributed by atoms with Crippen LogP contribution in [0.1, 0.15) is 10.4 Å². The number of aromatic carboxylic acids is 1. The fourth-order valence-corrected chi connectivity index (χ4v) is 2.08. The van der Waals surface area contributed by atoms with Crippen LogP contribution in [0.15, 0.2) is 24.5 Å². The molecular weight excluding hydrogens is 262 g/mol. The number of rotatable bonds is 5. The van der Waals surface area contributed by atoms with Crippen LogP contribution in [0, 0.1) is 0 Å². The van der Waals surface area contributed by atoms with Crippen LogP contribution in [0.25, 0.3) is 11.1 Å². The van der Waals surface area contributed by atoms with Gasteiger partial charge in [-0.3, -0.25) is 0 Å². The molecule has 6 nitrogen and oxygen atoms in total. The van der Waals surface area contributed by atoms with Crippen molar-refractivity contribution >= 4 is 5.97 Å². The number of carboxylic acid groups (broad SMARTS) is 1. The van der Waals surface area contributed by atoms with Crippen LogP contribution in [0.2, 0.25) is 0 Å². The third-order valence-corrected chi connectivity index (χ3v) is 2.97. The van der Waals surface area contributed by atoms with Gasteiger partial charge in [0, 0.05) is 23.5 Å². The van der Waals surface area contributed by atoms with Gasteiger partial charge in [-0.25, -0.2) is 4.79 Å². The highest BCUT2D eigenvalue weighted by molar-refractivity contribution is 5.97. The minimum atomic E-state index is -1.02. The second-order valence-electron chi connectivity index (χ2n) is 3.97. The Bertz CT molecular complexity index is 632. The highest BCUT2D eigenvalue weighted by atomic mass is 16.5. The monoisotopic (exact) mass is 277 g/mol. The summed E-state index contributed by atoms with van der Waals surface area (Å²) in [5, 5.41) is 9.19. The lowest BCUT2D eigenvalue weighted by Gasteiger charge is -2.15. The molecule has 0 fully saturated rings. The summed E-state index contributed by atoms with van der Waals surface area (Å²) in [6, 6.07) is 3.44. The summed E-state index contributed by atoms with van der Waals surface area (Å²) in [5.41, 5.74) is 1.30. The Morgan fingerprint density at radius 1 is 1.00 bits per heavy atom. The van der Waals surface area contributed by atoms with Crippen molar-refractivity contribution in [2.45, 2.75) is 0 Å². The molecule has 0 radical (unpaired) electrons. The molecule has 0 aliphatic heterocycles. The number of benzene rings is 1. The van der Waals surface area contributed by atoms with Crippen LogP contribution in [0.5, 0.6) is 17.2 Å². The van der Waals surface area contributed by atoms with Gasteiger partial charge in [-0.1, -0.05) is 0 Å². The van der Waals surface area contributed by atoms with Gasteiger partial charge >= 0.3 is 5.97 Å². The van der Waals surface area contributed by atoms with Gasteiger partial charge in [0.05, 0.1) is 26.9 Å². The Kier molecular flexibility index (Phi) is 3.84. The Morgan fingerprint density at radius 3 is 2.25 bits per heavy atom. The number of H-pyrrole nitrogens is 1. The lowest BCUT2D eigenvalue weighted by Crippen LogP contribution is -1.99. The second-order valence-corrected chi connectivity index (χ2v) is 3.97. The van der Waals surface area contributed by atoms with Crippen molar-refractivity contribution < 1.29 is 24.1 Å². The number of carbonyl (C=O) groups is 1. The molecule has 1 heterocycles. The zero-order valence-electron chi connectivity index (χ0n) is 11.4. The van der Waals surface area contributed by atoms with E-state index in [4.69, 9.17) is 14.2 Å². The van der Waals surface area contributed by atoms with Crippen LogP contribution in [-0.2, 0) is 0 Å². The van der Waals surface area contributed by atoms with E-state index in [-0.39, 0.29) is 5.56 Å². The second kappa shape index (κ2) is 5.56. The fraction of sp³-hybridized carbons (Fsp3) is 0.214. The highest BCUT2D eigenvalue weighted by Crippen LogP contribution is 2.44. The first kappa shape index (κ1) is 13.8. The van der Waals surface area contributed by atoms with E-state index < -0.39 is 5.97 Å². The first-order chi connectivity index (χ1) is 9.63. The number of hydrogen-bond donors (Lipinski definition) is 2. The van der Waals surface area contributed by atoms with Gasteiger partial charge in [0.15, 0.2) is 11.5 Å². The van der Waals surface area contributed by atoms with Gasteiger partial charge in [-0.15, -0.1) is 0 Å². The van der Waals surface area contributed by atoms with E-state index in [9.17, 15) is 9.90 Å². The largest absolute Gasteiger partial charge is 0.493 e. The molecule has 106 valence electrons. The molecule has 2 N–H and O–H groups in total. The average Bonchev–Trinajstić information content (AvgIpc) is 2.94. The number of aromatic nitrogens is 1. The maximum Gasteiger partial charge on any atom is 0.337 e. The minimum Gasteiger partial charge on any atom is -0.493 e. The summed E-state index contributed by atoms with van der Waals surface area (Å²) in [4.78, 5) is 14.0. The lowest BCUT2D eigenvalue weighted by molar-refractivity contribution is 0.0698. The normalized spacial score (nSPS) is 10.2. The molecule has 0 amide bonds. The van der Waals surface area contributed by atoms with Crippen molar-refractivity contribution in [1.82, 2.24) is 4.98 Å². The van der Waals surface area contributed by atoms with Crippen molar-refractivity contribution in [3.8, 4) is 28.4 Å². The molecule has 0 saturated heterocycles. The zero-order chi connectivity index (χ0) is 14.7. The first-order valence-electron chi connectivity index (χ1n) is 5.83. The molecule has 6 heteroatoms. The first-order valence-corrected chi connectivity index (χ1v) is 5.83. The van der Waals surface area contributed by atoms with E-state index in [0.717, 1.165) is 0 Å². The quantitative estimate of drug-likeness (QED) is 0.877. The van der Waals surface area contributed by atoms with Crippen LogP contribution < -0.4 is 14.2 Å². The van der Waals surface area contributed by atoms with E-state index in [1.807, 2.05) is 0 Å². The molecule has 0 bridgehead atoms.